The molecule has 0 aliphatic carbocycles. The van der Waals surface area contributed by atoms with Crippen molar-refractivity contribution in [1.82, 2.24) is 4.98 Å². The molecule has 3 rings (SSSR count). The lowest BCUT2D eigenvalue weighted by molar-refractivity contribution is 0.489. The van der Waals surface area contributed by atoms with Crippen molar-refractivity contribution in [2.75, 3.05) is 12.0 Å². The number of fused-ring (bicyclic) bond motifs is 1. The van der Waals surface area contributed by atoms with E-state index in [9.17, 15) is 5.26 Å². The van der Waals surface area contributed by atoms with Crippen molar-refractivity contribution in [2.24, 2.45) is 0 Å². The summed E-state index contributed by atoms with van der Waals surface area (Å²) < 4.78 is 5.68. The molecule has 0 atom stereocenters. The summed E-state index contributed by atoms with van der Waals surface area (Å²) in [7, 11) is 0. The Morgan fingerprint density at radius 2 is 2.05 bits per heavy atom. The number of nitrogens with zero attached hydrogens (tertiary/aromatic N) is 2. The lowest BCUT2D eigenvalue weighted by Crippen LogP contribution is -1.85. The fourth-order valence-corrected chi connectivity index (χ4v) is 3.44. The molecule has 0 bridgehead atoms. The minimum absolute atomic E-state index is 0.505. The predicted octanol–water partition coefficient (Wildman–Crippen LogP) is 4.15. The Morgan fingerprint density at radius 3 is 2.81 bits per heavy atom. The first kappa shape index (κ1) is 13.9. The van der Waals surface area contributed by atoms with Gasteiger partial charge >= 0.3 is 0 Å². The van der Waals surface area contributed by atoms with E-state index in [0.29, 0.717) is 22.1 Å². The molecule has 0 aliphatic rings. The largest absolute Gasteiger partial charge is 0.431 e. The van der Waals surface area contributed by atoms with Crippen LogP contribution in [0.3, 0.4) is 0 Å². The normalized spacial score (nSPS) is 10.7. The van der Waals surface area contributed by atoms with Crippen LogP contribution in [-0.4, -0.2) is 11.2 Å². The lowest BCUT2D eigenvalue weighted by atomic mass is 10.2. The van der Waals surface area contributed by atoms with Gasteiger partial charge in [0.1, 0.15) is 11.6 Å². The number of rotatable bonds is 3. The number of oxazole rings is 1. The van der Waals surface area contributed by atoms with Gasteiger partial charge in [-0.05, 0) is 42.3 Å². The second-order valence-corrected chi connectivity index (χ2v) is 6.10. The van der Waals surface area contributed by atoms with E-state index in [2.05, 4.69) is 11.1 Å². The Balaban J connectivity index is 2.01. The molecular formula is C15H11N3OS2. The first-order chi connectivity index (χ1) is 10.2. The van der Waals surface area contributed by atoms with E-state index in [1.54, 1.807) is 23.9 Å². The Hall–Kier alpha value is -2.10. The minimum atomic E-state index is 0.505. The van der Waals surface area contributed by atoms with Crippen LogP contribution < -0.4 is 5.73 Å². The maximum absolute atomic E-state index is 9.34. The van der Waals surface area contributed by atoms with Gasteiger partial charge in [0, 0.05) is 21.5 Å². The van der Waals surface area contributed by atoms with Gasteiger partial charge in [-0.1, -0.05) is 6.07 Å². The van der Waals surface area contributed by atoms with Crippen molar-refractivity contribution in [3.8, 4) is 6.07 Å². The van der Waals surface area contributed by atoms with Crippen LogP contribution in [-0.2, 0) is 0 Å². The van der Waals surface area contributed by atoms with Gasteiger partial charge in [0.2, 0.25) is 0 Å². The predicted molar refractivity (Wildman–Crippen MR) is 85.5 cm³/mol. The monoisotopic (exact) mass is 313 g/mol. The van der Waals surface area contributed by atoms with E-state index in [-0.39, 0.29) is 0 Å². The van der Waals surface area contributed by atoms with Crippen molar-refractivity contribution in [3.63, 3.8) is 0 Å². The molecule has 4 nitrogen and oxygen atoms in total. The Kier molecular flexibility index (Phi) is 3.78. The zero-order valence-corrected chi connectivity index (χ0v) is 12.8. The Morgan fingerprint density at radius 1 is 1.24 bits per heavy atom. The maximum atomic E-state index is 9.34. The number of aromatic nitrogens is 1. The van der Waals surface area contributed by atoms with Crippen molar-refractivity contribution in [1.29, 1.82) is 5.26 Å². The van der Waals surface area contributed by atoms with E-state index < -0.39 is 0 Å². The number of hydrogen-bond donors (Lipinski definition) is 1. The van der Waals surface area contributed by atoms with Crippen LogP contribution >= 0.6 is 23.5 Å². The van der Waals surface area contributed by atoms with E-state index in [0.717, 1.165) is 15.3 Å². The van der Waals surface area contributed by atoms with Crippen LogP contribution in [0, 0.1) is 11.3 Å². The Bertz CT molecular complexity index is 852. The summed E-state index contributed by atoms with van der Waals surface area (Å²) >= 11 is 2.89. The van der Waals surface area contributed by atoms with Crippen molar-refractivity contribution in [3.05, 3.63) is 42.0 Å². The van der Waals surface area contributed by atoms with Gasteiger partial charge in [-0.15, -0.1) is 11.8 Å². The highest BCUT2D eigenvalue weighted by Crippen LogP contribution is 2.35. The quantitative estimate of drug-likeness (QED) is 0.578. The molecule has 0 fully saturated rings. The Labute approximate surface area is 130 Å². The molecule has 0 radical (unpaired) electrons. The fourth-order valence-electron chi connectivity index (χ4n) is 1.93. The second kappa shape index (κ2) is 5.72. The molecule has 1 heterocycles. The molecule has 0 amide bonds. The topological polar surface area (TPSA) is 75.8 Å². The highest BCUT2D eigenvalue weighted by atomic mass is 32.2. The van der Waals surface area contributed by atoms with Gasteiger partial charge in [-0.3, -0.25) is 0 Å². The molecule has 104 valence electrons. The summed E-state index contributed by atoms with van der Waals surface area (Å²) in [6.45, 7) is 0. The first-order valence-electron chi connectivity index (χ1n) is 6.12. The van der Waals surface area contributed by atoms with Gasteiger partial charge in [0.15, 0.2) is 5.58 Å². The summed E-state index contributed by atoms with van der Waals surface area (Å²) in [5.74, 6) is 0. The third-order valence-electron chi connectivity index (χ3n) is 2.91. The molecular weight excluding hydrogens is 302 g/mol. The molecule has 0 aliphatic heterocycles. The molecule has 0 saturated carbocycles. The average Bonchev–Trinajstić information content (AvgIpc) is 2.88. The highest BCUT2D eigenvalue weighted by Gasteiger charge is 2.13. The van der Waals surface area contributed by atoms with Gasteiger partial charge in [-0.2, -0.15) is 5.26 Å². The first-order valence-corrected chi connectivity index (χ1v) is 8.16. The van der Waals surface area contributed by atoms with Crippen LogP contribution in [0.25, 0.3) is 11.1 Å². The molecule has 0 saturated heterocycles. The number of thioether (sulfide) groups is 1. The van der Waals surface area contributed by atoms with E-state index in [1.165, 1.54) is 11.8 Å². The standard InChI is InChI=1S/C15H11N3OS2/c1-20-13-3-2-4-14(10(13)8-16)21-15-18-11-6-5-9(17)7-12(11)19-15/h2-7H,17H2,1H3. The smallest absolute Gasteiger partial charge is 0.261 e. The van der Waals surface area contributed by atoms with Crippen LogP contribution in [0.4, 0.5) is 5.69 Å². The number of benzene rings is 2. The number of nitriles is 1. The second-order valence-electron chi connectivity index (χ2n) is 4.25. The zero-order chi connectivity index (χ0) is 14.8. The number of anilines is 1. The number of hydrogen-bond acceptors (Lipinski definition) is 6. The van der Waals surface area contributed by atoms with Crippen LogP contribution in [0.5, 0.6) is 0 Å². The maximum Gasteiger partial charge on any atom is 0.261 e. The van der Waals surface area contributed by atoms with Crippen molar-refractivity contribution >= 4 is 40.3 Å². The van der Waals surface area contributed by atoms with Crippen molar-refractivity contribution in [2.45, 2.75) is 15.0 Å². The molecule has 0 spiro atoms. The van der Waals surface area contributed by atoms with Crippen LogP contribution in [0.2, 0.25) is 0 Å². The van der Waals surface area contributed by atoms with Gasteiger partial charge in [0.25, 0.3) is 5.22 Å². The molecule has 2 N–H and O–H groups in total. The molecule has 2 aromatic carbocycles. The summed E-state index contributed by atoms with van der Waals surface area (Å²) in [5, 5.41) is 9.85. The average molecular weight is 313 g/mol. The molecule has 21 heavy (non-hydrogen) atoms. The third kappa shape index (κ3) is 2.71. The van der Waals surface area contributed by atoms with Gasteiger partial charge in [0.05, 0.1) is 5.56 Å². The van der Waals surface area contributed by atoms with E-state index in [1.807, 2.05) is 30.5 Å². The van der Waals surface area contributed by atoms with Crippen LogP contribution in [0.15, 0.2) is 55.8 Å². The summed E-state index contributed by atoms with van der Waals surface area (Å²) in [5.41, 5.74) is 8.42. The SMILES string of the molecule is CSc1cccc(Sc2nc3ccc(N)cc3o2)c1C#N. The van der Waals surface area contributed by atoms with E-state index >= 15 is 0 Å². The summed E-state index contributed by atoms with van der Waals surface area (Å²) in [4.78, 5) is 6.19. The lowest BCUT2D eigenvalue weighted by Gasteiger charge is -2.04. The third-order valence-corrected chi connectivity index (χ3v) is 4.60. The number of nitrogen functional groups attached to an aromatic ring is 1. The molecule has 1 aromatic heterocycles. The van der Waals surface area contributed by atoms with Gasteiger partial charge in [-0.25, -0.2) is 4.98 Å². The van der Waals surface area contributed by atoms with Crippen LogP contribution in [0.1, 0.15) is 5.56 Å². The minimum Gasteiger partial charge on any atom is -0.431 e. The zero-order valence-electron chi connectivity index (χ0n) is 11.2. The molecule has 0 unspecified atom stereocenters. The highest BCUT2D eigenvalue weighted by molar-refractivity contribution is 7.99. The van der Waals surface area contributed by atoms with E-state index in [4.69, 9.17) is 10.2 Å². The van der Waals surface area contributed by atoms with Gasteiger partial charge < -0.3 is 10.2 Å². The van der Waals surface area contributed by atoms with Crippen molar-refractivity contribution < 1.29 is 4.42 Å². The number of nitrogens with two attached hydrogens (primary N) is 1. The summed E-state index contributed by atoms with van der Waals surface area (Å²) in [6, 6.07) is 13.4. The molecule has 6 heteroatoms. The fraction of sp³-hybridized carbons (Fsp3) is 0.0667. The summed E-state index contributed by atoms with van der Waals surface area (Å²) in [6.07, 6.45) is 1.95. The molecule has 3 aromatic rings.